The normalized spacial score (nSPS) is 14.0. The van der Waals surface area contributed by atoms with E-state index in [2.05, 4.69) is 5.32 Å². The van der Waals surface area contributed by atoms with Crippen LogP contribution in [0.5, 0.6) is 0 Å². The molecule has 1 heterocycles. The highest BCUT2D eigenvalue weighted by atomic mass is 16.5. The molecule has 0 spiro atoms. The highest BCUT2D eigenvalue weighted by Crippen LogP contribution is 2.22. The summed E-state index contributed by atoms with van der Waals surface area (Å²) in [6.07, 6.45) is 0. The minimum Gasteiger partial charge on any atom is -0.370 e. The van der Waals surface area contributed by atoms with Crippen LogP contribution < -0.4 is 10.2 Å². The molecule has 1 saturated heterocycles. The molecule has 4 rings (SSSR count). The van der Waals surface area contributed by atoms with Crippen molar-refractivity contribution in [2.24, 2.45) is 0 Å². The third kappa shape index (κ3) is 3.94. The summed E-state index contributed by atoms with van der Waals surface area (Å²) in [4.78, 5) is 26.1. The van der Waals surface area contributed by atoms with Crippen molar-refractivity contribution in [2.75, 3.05) is 30.0 Å². The number of nitrogens with one attached hydrogen (secondary N) is 1. The highest BCUT2D eigenvalue weighted by Gasteiger charge is 2.20. The van der Waals surface area contributed by atoms with Crippen molar-refractivity contribution in [1.82, 2.24) is 0 Å². The Hall–Kier alpha value is -3.44. The number of carbonyl (C=O) groups excluding carboxylic acids is 2. The van der Waals surface area contributed by atoms with E-state index in [1.165, 1.54) is 0 Å². The molecule has 0 bridgehead atoms. The fourth-order valence-electron chi connectivity index (χ4n) is 3.16. The van der Waals surface area contributed by atoms with Gasteiger partial charge in [0.2, 0.25) is 0 Å². The molecule has 3 aromatic carbocycles. The quantitative estimate of drug-likeness (QED) is 0.754. The van der Waals surface area contributed by atoms with Crippen LogP contribution in [-0.2, 0) is 9.53 Å². The number of amides is 2. The van der Waals surface area contributed by atoms with Gasteiger partial charge in [-0.2, -0.15) is 0 Å². The van der Waals surface area contributed by atoms with Crippen molar-refractivity contribution < 1.29 is 14.3 Å². The predicted octanol–water partition coefficient (Wildman–Crippen LogP) is 3.97. The van der Waals surface area contributed by atoms with Crippen molar-refractivity contribution >= 4 is 23.2 Å². The molecular weight excluding hydrogens is 352 g/mol. The largest absolute Gasteiger partial charge is 0.370 e. The van der Waals surface area contributed by atoms with Gasteiger partial charge in [-0.25, -0.2) is 0 Å². The van der Waals surface area contributed by atoms with E-state index >= 15 is 0 Å². The van der Waals surface area contributed by atoms with E-state index in [0.29, 0.717) is 24.4 Å². The molecule has 2 amide bonds. The summed E-state index contributed by atoms with van der Waals surface area (Å²) in [5, 5.41) is 2.89. The SMILES string of the molecule is O=C(Nc1ccc(N2CCOCC2=O)cc1)c1ccc(-c2ccccc2)cc1. The summed E-state index contributed by atoms with van der Waals surface area (Å²) >= 11 is 0. The van der Waals surface area contributed by atoms with Crippen molar-refractivity contribution in [1.29, 1.82) is 0 Å². The number of morpholine rings is 1. The van der Waals surface area contributed by atoms with E-state index in [0.717, 1.165) is 16.8 Å². The molecule has 1 fully saturated rings. The second-order valence-corrected chi connectivity index (χ2v) is 6.54. The van der Waals surface area contributed by atoms with Crippen molar-refractivity contribution in [3.05, 3.63) is 84.4 Å². The van der Waals surface area contributed by atoms with Crippen molar-refractivity contribution in [2.45, 2.75) is 0 Å². The number of carbonyl (C=O) groups is 2. The van der Waals surface area contributed by atoms with Gasteiger partial charge < -0.3 is 15.0 Å². The van der Waals surface area contributed by atoms with Gasteiger partial charge in [0.05, 0.1) is 6.61 Å². The monoisotopic (exact) mass is 372 g/mol. The Kier molecular flexibility index (Phi) is 5.17. The topological polar surface area (TPSA) is 58.6 Å². The molecular formula is C23H20N2O3. The van der Waals surface area contributed by atoms with Gasteiger partial charge in [-0.1, -0.05) is 42.5 Å². The first kappa shape index (κ1) is 17.9. The van der Waals surface area contributed by atoms with E-state index in [9.17, 15) is 9.59 Å². The van der Waals surface area contributed by atoms with Crippen LogP contribution in [0.1, 0.15) is 10.4 Å². The molecule has 0 atom stereocenters. The van der Waals surface area contributed by atoms with E-state index in [1.807, 2.05) is 66.7 Å². The first-order valence-corrected chi connectivity index (χ1v) is 9.16. The van der Waals surface area contributed by atoms with Crippen LogP contribution in [-0.4, -0.2) is 31.6 Å². The maximum atomic E-state index is 12.5. The van der Waals surface area contributed by atoms with E-state index in [4.69, 9.17) is 4.74 Å². The van der Waals surface area contributed by atoms with Crippen LogP contribution >= 0.6 is 0 Å². The fourth-order valence-corrected chi connectivity index (χ4v) is 3.16. The van der Waals surface area contributed by atoms with E-state index < -0.39 is 0 Å². The lowest BCUT2D eigenvalue weighted by atomic mass is 10.0. The second-order valence-electron chi connectivity index (χ2n) is 6.54. The molecule has 5 nitrogen and oxygen atoms in total. The first-order valence-electron chi connectivity index (χ1n) is 9.16. The van der Waals surface area contributed by atoms with Gasteiger partial charge in [-0.05, 0) is 47.5 Å². The molecule has 1 aliphatic heterocycles. The van der Waals surface area contributed by atoms with Crippen LogP contribution in [0.25, 0.3) is 11.1 Å². The summed E-state index contributed by atoms with van der Waals surface area (Å²) in [5.41, 5.74) is 4.26. The maximum Gasteiger partial charge on any atom is 0.255 e. The lowest BCUT2D eigenvalue weighted by Gasteiger charge is -2.26. The molecule has 0 aromatic heterocycles. The third-order valence-electron chi connectivity index (χ3n) is 4.68. The van der Waals surface area contributed by atoms with E-state index in [-0.39, 0.29) is 18.4 Å². The Labute approximate surface area is 163 Å². The zero-order chi connectivity index (χ0) is 19.3. The van der Waals surface area contributed by atoms with Gasteiger partial charge in [0.1, 0.15) is 6.61 Å². The Morgan fingerprint density at radius 2 is 1.54 bits per heavy atom. The van der Waals surface area contributed by atoms with Crippen LogP contribution in [0.15, 0.2) is 78.9 Å². The summed E-state index contributed by atoms with van der Waals surface area (Å²) < 4.78 is 5.15. The van der Waals surface area contributed by atoms with Crippen molar-refractivity contribution in [3.63, 3.8) is 0 Å². The molecule has 5 heteroatoms. The number of hydrogen-bond donors (Lipinski definition) is 1. The first-order chi connectivity index (χ1) is 13.7. The second kappa shape index (κ2) is 8.06. The summed E-state index contributed by atoms with van der Waals surface area (Å²) in [7, 11) is 0. The molecule has 0 unspecified atom stereocenters. The average Bonchev–Trinajstić information content (AvgIpc) is 2.75. The zero-order valence-corrected chi connectivity index (χ0v) is 15.3. The number of benzene rings is 3. The number of ether oxygens (including phenoxy) is 1. The van der Waals surface area contributed by atoms with Crippen molar-refractivity contribution in [3.8, 4) is 11.1 Å². The minimum atomic E-state index is -0.171. The number of hydrogen-bond acceptors (Lipinski definition) is 3. The Balaban J connectivity index is 1.42. The van der Waals surface area contributed by atoms with Gasteiger partial charge in [0, 0.05) is 23.5 Å². The molecule has 0 saturated carbocycles. The van der Waals surface area contributed by atoms with E-state index in [1.54, 1.807) is 17.0 Å². The number of rotatable bonds is 4. The predicted molar refractivity (Wildman–Crippen MR) is 109 cm³/mol. The van der Waals surface area contributed by atoms with Gasteiger partial charge in [-0.15, -0.1) is 0 Å². The molecule has 28 heavy (non-hydrogen) atoms. The van der Waals surface area contributed by atoms with Crippen LogP contribution in [0.2, 0.25) is 0 Å². The van der Waals surface area contributed by atoms with Crippen LogP contribution in [0, 0.1) is 0 Å². The Bertz CT molecular complexity index is 967. The van der Waals surface area contributed by atoms with Gasteiger partial charge in [0.15, 0.2) is 0 Å². The Morgan fingerprint density at radius 1 is 0.857 bits per heavy atom. The highest BCUT2D eigenvalue weighted by molar-refractivity contribution is 6.04. The summed E-state index contributed by atoms with van der Waals surface area (Å²) in [6, 6.07) is 24.8. The molecule has 0 radical (unpaired) electrons. The lowest BCUT2D eigenvalue weighted by molar-refractivity contribution is -0.125. The van der Waals surface area contributed by atoms with Gasteiger partial charge in [0.25, 0.3) is 11.8 Å². The molecule has 140 valence electrons. The third-order valence-corrected chi connectivity index (χ3v) is 4.68. The van der Waals surface area contributed by atoms with Crippen LogP contribution in [0.4, 0.5) is 11.4 Å². The standard InChI is InChI=1S/C23H20N2O3/c26-22-16-28-15-14-25(22)21-12-10-20(11-13-21)24-23(27)19-8-6-18(7-9-19)17-4-2-1-3-5-17/h1-13H,14-16H2,(H,24,27). The Morgan fingerprint density at radius 3 is 2.21 bits per heavy atom. The number of nitrogens with zero attached hydrogens (tertiary/aromatic N) is 1. The lowest BCUT2D eigenvalue weighted by Crippen LogP contribution is -2.41. The zero-order valence-electron chi connectivity index (χ0n) is 15.3. The molecule has 0 aliphatic carbocycles. The molecule has 1 N–H and O–H groups in total. The summed E-state index contributed by atoms with van der Waals surface area (Å²) in [5.74, 6) is -0.226. The molecule has 3 aromatic rings. The maximum absolute atomic E-state index is 12.5. The molecule has 1 aliphatic rings. The fraction of sp³-hybridized carbons (Fsp3) is 0.130. The average molecular weight is 372 g/mol. The smallest absolute Gasteiger partial charge is 0.255 e. The van der Waals surface area contributed by atoms with Gasteiger partial charge in [-0.3, -0.25) is 9.59 Å². The summed E-state index contributed by atoms with van der Waals surface area (Å²) in [6.45, 7) is 1.18. The minimum absolute atomic E-state index is 0.0541. The number of anilines is 2. The van der Waals surface area contributed by atoms with Gasteiger partial charge >= 0.3 is 0 Å². The van der Waals surface area contributed by atoms with Crippen LogP contribution in [0.3, 0.4) is 0 Å².